The van der Waals surface area contributed by atoms with Gasteiger partial charge in [0, 0.05) is 48.7 Å². The number of hydrogen-bond acceptors (Lipinski definition) is 4. The lowest BCUT2D eigenvalue weighted by atomic mass is 10.0. The zero-order valence-electron chi connectivity index (χ0n) is 16.2. The fourth-order valence-corrected chi connectivity index (χ4v) is 3.43. The molecule has 1 aliphatic heterocycles. The third kappa shape index (κ3) is 7.99. The lowest BCUT2D eigenvalue weighted by Crippen LogP contribution is -2.49. The molecular formula is C20H30BrN3O3. The van der Waals surface area contributed by atoms with Gasteiger partial charge >= 0.3 is 0 Å². The van der Waals surface area contributed by atoms with Crippen molar-refractivity contribution in [3.63, 3.8) is 0 Å². The maximum absolute atomic E-state index is 12.2. The van der Waals surface area contributed by atoms with Crippen LogP contribution in [-0.2, 0) is 9.53 Å². The molecule has 7 heteroatoms. The van der Waals surface area contributed by atoms with E-state index in [1.807, 2.05) is 12.1 Å². The molecule has 1 fully saturated rings. The Labute approximate surface area is 170 Å². The molecule has 0 saturated carbocycles. The predicted molar refractivity (Wildman–Crippen MR) is 110 cm³/mol. The number of carbonyl (C=O) groups is 2. The molecule has 27 heavy (non-hydrogen) atoms. The summed E-state index contributed by atoms with van der Waals surface area (Å²) in [6, 6.07) is 7.47. The summed E-state index contributed by atoms with van der Waals surface area (Å²) in [6.45, 7) is 8.70. The molecule has 150 valence electrons. The van der Waals surface area contributed by atoms with E-state index in [1.54, 1.807) is 12.1 Å². The SMILES string of the molecule is CC(C)C[C@H](CNC(=O)CCNC(=O)c1ccc(Br)cc1)N1CCOCC1. The lowest BCUT2D eigenvalue weighted by Gasteiger charge is -2.35. The molecule has 0 bridgehead atoms. The van der Waals surface area contributed by atoms with Crippen LogP contribution in [-0.4, -0.2) is 62.1 Å². The number of nitrogens with zero attached hydrogens (tertiary/aromatic N) is 1. The molecule has 1 aromatic rings. The first kappa shape index (κ1) is 21.9. The number of nitrogens with one attached hydrogen (secondary N) is 2. The fraction of sp³-hybridized carbons (Fsp3) is 0.600. The van der Waals surface area contributed by atoms with Crippen molar-refractivity contribution in [2.45, 2.75) is 32.7 Å². The molecule has 0 aliphatic carbocycles. The van der Waals surface area contributed by atoms with Gasteiger partial charge in [0.2, 0.25) is 5.91 Å². The topological polar surface area (TPSA) is 70.7 Å². The van der Waals surface area contributed by atoms with Crippen molar-refractivity contribution < 1.29 is 14.3 Å². The summed E-state index contributed by atoms with van der Waals surface area (Å²) in [4.78, 5) is 26.6. The summed E-state index contributed by atoms with van der Waals surface area (Å²) in [5.74, 6) is 0.370. The molecule has 0 radical (unpaired) electrons. The van der Waals surface area contributed by atoms with E-state index in [1.165, 1.54) is 0 Å². The zero-order chi connectivity index (χ0) is 19.6. The van der Waals surface area contributed by atoms with E-state index in [-0.39, 0.29) is 18.2 Å². The van der Waals surface area contributed by atoms with Gasteiger partial charge in [-0.3, -0.25) is 14.5 Å². The summed E-state index contributed by atoms with van der Waals surface area (Å²) in [5, 5.41) is 5.82. The van der Waals surface area contributed by atoms with Crippen LogP contribution in [0.25, 0.3) is 0 Å². The molecule has 0 spiro atoms. The van der Waals surface area contributed by atoms with Crippen LogP contribution < -0.4 is 10.6 Å². The number of morpholine rings is 1. The molecule has 1 atom stereocenters. The van der Waals surface area contributed by atoms with Crippen molar-refractivity contribution in [3.8, 4) is 0 Å². The summed E-state index contributed by atoms with van der Waals surface area (Å²) < 4.78 is 6.35. The molecule has 1 heterocycles. The van der Waals surface area contributed by atoms with Crippen molar-refractivity contribution >= 4 is 27.7 Å². The third-order valence-electron chi connectivity index (χ3n) is 4.58. The minimum Gasteiger partial charge on any atom is -0.379 e. The van der Waals surface area contributed by atoms with Gasteiger partial charge in [-0.05, 0) is 36.6 Å². The Morgan fingerprint density at radius 2 is 1.81 bits per heavy atom. The minimum atomic E-state index is -0.165. The van der Waals surface area contributed by atoms with E-state index < -0.39 is 0 Å². The Kier molecular flexibility index (Phi) is 9.24. The monoisotopic (exact) mass is 439 g/mol. The fourth-order valence-electron chi connectivity index (χ4n) is 3.16. The van der Waals surface area contributed by atoms with Gasteiger partial charge in [0.15, 0.2) is 0 Å². The number of halogens is 1. The minimum absolute atomic E-state index is 0.0341. The third-order valence-corrected chi connectivity index (χ3v) is 5.11. The van der Waals surface area contributed by atoms with Gasteiger partial charge in [-0.15, -0.1) is 0 Å². The van der Waals surface area contributed by atoms with Gasteiger partial charge in [0.1, 0.15) is 0 Å². The first-order valence-corrected chi connectivity index (χ1v) is 10.4. The summed E-state index contributed by atoms with van der Waals surface area (Å²) in [5.41, 5.74) is 0.586. The predicted octanol–water partition coefficient (Wildman–Crippen LogP) is 2.43. The van der Waals surface area contributed by atoms with Crippen LogP contribution in [0.2, 0.25) is 0 Å². The highest BCUT2D eigenvalue weighted by Gasteiger charge is 2.22. The van der Waals surface area contributed by atoms with Crippen molar-refractivity contribution in [1.29, 1.82) is 0 Å². The second-order valence-corrected chi connectivity index (χ2v) is 8.16. The van der Waals surface area contributed by atoms with Gasteiger partial charge in [-0.2, -0.15) is 0 Å². The molecule has 0 unspecified atom stereocenters. The van der Waals surface area contributed by atoms with Gasteiger partial charge in [0.25, 0.3) is 5.91 Å². The quantitative estimate of drug-likeness (QED) is 0.619. The van der Waals surface area contributed by atoms with Gasteiger partial charge in [0.05, 0.1) is 13.2 Å². The van der Waals surface area contributed by atoms with Crippen LogP contribution in [0.5, 0.6) is 0 Å². The van der Waals surface area contributed by atoms with E-state index in [2.05, 4.69) is 45.3 Å². The van der Waals surface area contributed by atoms with Crippen molar-refractivity contribution in [1.82, 2.24) is 15.5 Å². The Hall–Kier alpha value is -1.44. The molecule has 2 N–H and O–H groups in total. The van der Waals surface area contributed by atoms with E-state index in [4.69, 9.17) is 4.74 Å². The van der Waals surface area contributed by atoms with Crippen molar-refractivity contribution in [2.75, 3.05) is 39.4 Å². The van der Waals surface area contributed by atoms with Gasteiger partial charge < -0.3 is 15.4 Å². The second kappa shape index (κ2) is 11.4. The van der Waals surface area contributed by atoms with Gasteiger partial charge in [-0.25, -0.2) is 0 Å². The first-order valence-electron chi connectivity index (χ1n) is 9.58. The smallest absolute Gasteiger partial charge is 0.251 e. The normalized spacial score (nSPS) is 16.1. The Balaban J connectivity index is 1.71. The van der Waals surface area contributed by atoms with E-state index in [0.717, 1.165) is 37.2 Å². The number of hydrogen-bond donors (Lipinski definition) is 2. The highest BCUT2D eigenvalue weighted by molar-refractivity contribution is 9.10. The molecule has 2 rings (SSSR count). The Bertz CT molecular complexity index is 601. The standard InChI is InChI=1S/C20H30BrN3O3/c1-15(2)13-18(24-9-11-27-12-10-24)14-23-19(25)7-8-22-20(26)16-3-5-17(21)6-4-16/h3-6,15,18H,7-14H2,1-2H3,(H,22,26)(H,23,25)/t18-/m1/s1. The van der Waals surface area contributed by atoms with Crippen LogP contribution >= 0.6 is 15.9 Å². The van der Waals surface area contributed by atoms with Crippen LogP contribution in [0, 0.1) is 5.92 Å². The Morgan fingerprint density at radius 1 is 1.15 bits per heavy atom. The van der Waals surface area contributed by atoms with Crippen LogP contribution in [0.15, 0.2) is 28.7 Å². The molecule has 1 aliphatic rings. The maximum Gasteiger partial charge on any atom is 0.251 e. The molecule has 6 nitrogen and oxygen atoms in total. The lowest BCUT2D eigenvalue weighted by molar-refractivity contribution is -0.121. The average molecular weight is 440 g/mol. The highest BCUT2D eigenvalue weighted by Crippen LogP contribution is 2.13. The number of amides is 2. The first-order chi connectivity index (χ1) is 13.0. The van der Waals surface area contributed by atoms with E-state index >= 15 is 0 Å². The maximum atomic E-state index is 12.2. The van der Waals surface area contributed by atoms with Crippen LogP contribution in [0.3, 0.4) is 0 Å². The van der Waals surface area contributed by atoms with E-state index in [9.17, 15) is 9.59 Å². The molecule has 0 aromatic heterocycles. The number of benzene rings is 1. The molecular weight excluding hydrogens is 410 g/mol. The summed E-state index contributed by atoms with van der Waals surface area (Å²) in [6.07, 6.45) is 1.32. The largest absolute Gasteiger partial charge is 0.379 e. The van der Waals surface area contributed by atoms with Crippen molar-refractivity contribution in [3.05, 3.63) is 34.3 Å². The average Bonchev–Trinajstić information content (AvgIpc) is 2.66. The number of rotatable bonds is 9. The van der Waals surface area contributed by atoms with Crippen molar-refractivity contribution in [2.24, 2.45) is 5.92 Å². The van der Waals surface area contributed by atoms with Crippen LogP contribution in [0.4, 0.5) is 0 Å². The summed E-state index contributed by atoms with van der Waals surface area (Å²) >= 11 is 3.34. The summed E-state index contributed by atoms with van der Waals surface area (Å²) in [7, 11) is 0. The second-order valence-electron chi connectivity index (χ2n) is 7.25. The molecule has 1 aromatic carbocycles. The molecule has 2 amide bonds. The number of carbonyl (C=O) groups excluding carboxylic acids is 2. The van der Waals surface area contributed by atoms with Gasteiger partial charge in [-0.1, -0.05) is 29.8 Å². The van der Waals surface area contributed by atoms with E-state index in [0.29, 0.717) is 30.6 Å². The number of ether oxygens (including phenoxy) is 1. The zero-order valence-corrected chi connectivity index (χ0v) is 17.8. The van der Waals surface area contributed by atoms with Crippen LogP contribution in [0.1, 0.15) is 37.0 Å². The molecule has 1 saturated heterocycles. The Morgan fingerprint density at radius 3 is 2.44 bits per heavy atom. The highest BCUT2D eigenvalue weighted by atomic mass is 79.9.